The van der Waals surface area contributed by atoms with E-state index in [4.69, 9.17) is 4.74 Å². The van der Waals surface area contributed by atoms with E-state index in [1.807, 2.05) is 37.4 Å². The Hall–Kier alpha value is -1.11. The van der Waals surface area contributed by atoms with Crippen molar-refractivity contribution in [1.29, 1.82) is 0 Å². The van der Waals surface area contributed by atoms with Gasteiger partial charge in [-0.15, -0.1) is 0 Å². The predicted octanol–water partition coefficient (Wildman–Crippen LogP) is 2.55. The number of hydrogen-bond acceptors (Lipinski definition) is 4. The van der Waals surface area contributed by atoms with Crippen LogP contribution < -0.4 is 10.6 Å². The molecule has 2 N–H and O–H groups in total. The van der Waals surface area contributed by atoms with Crippen molar-refractivity contribution in [3.05, 3.63) is 0 Å². The van der Waals surface area contributed by atoms with Crippen LogP contribution in [0.25, 0.3) is 0 Å². The maximum atomic E-state index is 12.2. The van der Waals surface area contributed by atoms with Crippen LogP contribution in [0.3, 0.4) is 0 Å². The van der Waals surface area contributed by atoms with E-state index < -0.39 is 5.60 Å². The first-order chi connectivity index (χ1) is 11.4. The van der Waals surface area contributed by atoms with Crippen LogP contribution in [-0.4, -0.2) is 67.3 Å². The van der Waals surface area contributed by atoms with E-state index in [1.54, 1.807) is 0 Å². The fraction of sp³-hybridized carbons (Fsp3) is 0.882. The standard InChI is InChI=1S/C17H34N4O2S/c1-6-18-15(19-9-11-24-5)20-12-14-8-7-10-21(13-14)16(22)23-17(2,3)4/h14H,6-13H2,1-5H3,(H2,18,19,20). The number of aliphatic imine (C=N–C) groups is 1. The Kier molecular flexibility index (Phi) is 9.33. The molecule has 1 amide bonds. The summed E-state index contributed by atoms with van der Waals surface area (Å²) in [7, 11) is 0. The normalized spacial score (nSPS) is 19.1. The van der Waals surface area contributed by atoms with Crippen molar-refractivity contribution >= 4 is 23.8 Å². The van der Waals surface area contributed by atoms with E-state index >= 15 is 0 Å². The molecule has 0 aromatic heterocycles. The molecule has 1 atom stereocenters. The molecule has 0 aliphatic carbocycles. The zero-order valence-electron chi connectivity index (χ0n) is 15.9. The first-order valence-electron chi connectivity index (χ1n) is 8.84. The molecule has 1 fully saturated rings. The molecular formula is C17H34N4O2S. The number of amides is 1. The summed E-state index contributed by atoms with van der Waals surface area (Å²) in [6, 6.07) is 0. The highest BCUT2D eigenvalue weighted by molar-refractivity contribution is 7.98. The Morgan fingerprint density at radius 3 is 2.75 bits per heavy atom. The molecule has 1 rings (SSSR count). The molecule has 1 unspecified atom stereocenters. The van der Waals surface area contributed by atoms with E-state index in [9.17, 15) is 4.79 Å². The average molecular weight is 359 g/mol. The zero-order valence-corrected chi connectivity index (χ0v) is 16.7. The number of carbonyl (C=O) groups is 1. The maximum Gasteiger partial charge on any atom is 0.410 e. The van der Waals surface area contributed by atoms with Crippen LogP contribution in [-0.2, 0) is 4.74 Å². The number of ether oxygens (including phenoxy) is 1. The third-order valence-corrected chi connectivity index (χ3v) is 4.23. The molecular weight excluding hydrogens is 324 g/mol. The second kappa shape index (κ2) is 10.7. The summed E-state index contributed by atoms with van der Waals surface area (Å²) in [4.78, 5) is 18.7. The van der Waals surface area contributed by atoms with Crippen LogP contribution in [0.15, 0.2) is 4.99 Å². The molecule has 7 heteroatoms. The van der Waals surface area contributed by atoms with Gasteiger partial charge in [-0.1, -0.05) is 0 Å². The summed E-state index contributed by atoms with van der Waals surface area (Å²) in [5.74, 6) is 2.31. The van der Waals surface area contributed by atoms with Gasteiger partial charge in [0.1, 0.15) is 5.60 Å². The van der Waals surface area contributed by atoms with Gasteiger partial charge in [0, 0.05) is 38.5 Å². The van der Waals surface area contributed by atoms with E-state index in [0.29, 0.717) is 5.92 Å². The minimum Gasteiger partial charge on any atom is -0.444 e. The van der Waals surface area contributed by atoms with Gasteiger partial charge < -0.3 is 20.3 Å². The van der Waals surface area contributed by atoms with E-state index in [2.05, 4.69) is 28.8 Å². The lowest BCUT2D eigenvalue weighted by Gasteiger charge is -2.33. The van der Waals surface area contributed by atoms with Crippen LogP contribution in [0.4, 0.5) is 4.79 Å². The lowest BCUT2D eigenvalue weighted by atomic mass is 9.98. The molecule has 1 aliphatic rings. The molecule has 0 bridgehead atoms. The van der Waals surface area contributed by atoms with Crippen molar-refractivity contribution < 1.29 is 9.53 Å². The molecule has 1 heterocycles. The Morgan fingerprint density at radius 2 is 2.12 bits per heavy atom. The lowest BCUT2D eigenvalue weighted by molar-refractivity contribution is 0.0170. The third kappa shape index (κ3) is 8.66. The van der Waals surface area contributed by atoms with Crippen LogP contribution in [0.1, 0.15) is 40.5 Å². The largest absolute Gasteiger partial charge is 0.444 e. The number of nitrogens with zero attached hydrogens (tertiary/aromatic N) is 2. The van der Waals surface area contributed by atoms with Crippen LogP contribution in [0, 0.1) is 5.92 Å². The Morgan fingerprint density at radius 1 is 1.38 bits per heavy atom. The predicted molar refractivity (Wildman–Crippen MR) is 103 cm³/mol. The van der Waals surface area contributed by atoms with Crippen LogP contribution in [0.5, 0.6) is 0 Å². The molecule has 0 radical (unpaired) electrons. The smallest absolute Gasteiger partial charge is 0.410 e. The summed E-state index contributed by atoms with van der Waals surface area (Å²) in [6.45, 7) is 11.8. The van der Waals surface area contributed by atoms with Gasteiger partial charge in [-0.05, 0) is 52.7 Å². The minimum atomic E-state index is -0.443. The van der Waals surface area contributed by atoms with E-state index in [-0.39, 0.29) is 6.09 Å². The molecule has 0 aromatic carbocycles. The van der Waals surface area contributed by atoms with Gasteiger partial charge in [-0.3, -0.25) is 4.99 Å². The quantitative estimate of drug-likeness (QED) is 0.434. The molecule has 1 aliphatic heterocycles. The SMILES string of the molecule is CCNC(=NCC1CCCN(C(=O)OC(C)(C)C)C1)NCCSC. The van der Waals surface area contributed by atoms with Gasteiger partial charge >= 0.3 is 6.09 Å². The third-order valence-electron chi connectivity index (χ3n) is 3.62. The van der Waals surface area contributed by atoms with Crippen molar-refractivity contribution in [2.45, 2.75) is 46.1 Å². The molecule has 1 saturated heterocycles. The highest BCUT2D eigenvalue weighted by Crippen LogP contribution is 2.19. The first-order valence-corrected chi connectivity index (χ1v) is 10.2. The monoisotopic (exact) mass is 358 g/mol. The topological polar surface area (TPSA) is 66.0 Å². The first kappa shape index (κ1) is 20.9. The Labute approximate surface area is 151 Å². The summed E-state index contributed by atoms with van der Waals surface area (Å²) in [6.07, 6.45) is 4.00. The zero-order chi connectivity index (χ0) is 18.0. The summed E-state index contributed by atoms with van der Waals surface area (Å²) >= 11 is 1.81. The van der Waals surface area contributed by atoms with Crippen LogP contribution >= 0.6 is 11.8 Å². The van der Waals surface area contributed by atoms with Crippen molar-refractivity contribution in [2.75, 3.05) is 44.7 Å². The number of likely N-dealkylation sites (tertiary alicyclic amines) is 1. The number of piperidine rings is 1. The number of thioether (sulfide) groups is 1. The minimum absolute atomic E-state index is 0.207. The molecule has 0 spiro atoms. The van der Waals surface area contributed by atoms with E-state index in [0.717, 1.165) is 57.3 Å². The molecule has 140 valence electrons. The molecule has 0 aromatic rings. The molecule has 0 saturated carbocycles. The second-order valence-corrected chi connectivity index (χ2v) is 8.06. The van der Waals surface area contributed by atoms with Crippen molar-refractivity contribution in [3.8, 4) is 0 Å². The summed E-state index contributed by atoms with van der Waals surface area (Å²) < 4.78 is 5.48. The molecule has 24 heavy (non-hydrogen) atoms. The second-order valence-electron chi connectivity index (χ2n) is 7.07. The highest BCUT2D eigenvalue weighted by atomic mass is 32.2. The number of hydrogen-bond donors (Lipinski definition) is 2. The average Bonchev–Trinajstić information content (AvgIpc) is 2.51. The van der Waals surface area contributed by atoms with Gasteiger partial charge in [0.2, 0.25) is 0 Å². The Bertz CT molecular complexity index is 410. The molecule has 6 nitrogen and oxygen atoms in total. The summed E-state index contributed by atoms with van der Waals surface area (Å²) in [5.41, 5.74) is -0.443. The fourth-order valence-electron chi connectivity index (χ4n) is 2.54. The van der Waals surface area contributed by atoms with Crippen molar-refractivity contribution in [2.24, 2.45) is 10.9 Å². The van der Waals surface area contributed by atoms with Gasteiger partial charge in [-0.25, -0.2) is 4.79 Å². The number of rotatable bonds is 6. The van der Waals surface area contributed by atoms with Gasteiger partial charge in [0.15, 0.2) is 5.96 Å². The van der Waals surface area contributed by atoms with Gasteiger partial charge in [-0.2, -0.15) is 11.8 Å². The van der Waals surface area contributed by atoms with Gasteiger partial charge in [0.25, 0.3) is 0 Å². The fourth-order valence-corrected chi connectivity index (χ4v) is 2.85. The Balaban J connectivity index is 2.50. The van der Waals surface area contributed by atoms with Crippen LogP contribution in [0.2, 0.25) is 0 Å². The van der Waals surface area contributed by atoms with Crippen molar-refractivity contribution in [3.63, 3.8) is 0 Å². The van der Waals surface area contributed by atoms with Crippen molar-refractivity contribution in [1.82, 2.24) is 15.5 Å². The van der Waals surface area contributed by atoms with Gasteiger partial charge in [0.05, 0.1) is 0 Å². The number of guanidine groups is 1. The number of carbonyl (C=O) groups excluding carboxylic acids is 1. The number of nitrogens with one attached hydrogen (secondary N) is 2. The highest BCUT2D eigenvalue weighted by Gasteiger charge is 2.27. The maximum absolute atomic E-state index is 12.2. The lowest BCUT2D eigenvalue weighted by Crippen LogP contribution is -2.44. The van der Waals surface area contributed by atoms with E-state index in [1.165, 1.54) is 0 Å². The summed E-state index contributed by atoms with van der Waals surface area (Å²) in [5, 5.41) is 6.61.